The number of hydrogen-bond donors (Lipinski definition) is 0. The monoisotopic (exact) mass is 550 g/mol. The first-order valence-electron chi connectivity index (χ1n) is 12.8. The smallest absolute Gasteiger partial charge is 0.409 e. The second-order valence-corrected chi connectivity index (χ2v) is 12.6. The first-order chi connectivity index (χ1) is 18.6. The summed E-state index contributed by atoms with van der Waals surface area (Å²) in [5, 5.41) is 5.37. The lowest BCUT2D eigenvalue weighted by atomic mass is 9.90. The van der Waals surface area contributed by atoms with Crippen molar-refractivity contribution in [3.05, 3.63) is 54.2 Å². The number of amides is 2. The van der Waals surface area contributed by atoms with Crippen LogP contribution in [0, 0.1) is 5.92 Å². The molecule has 39 heavy (non-hydrogen) atoms. The maximum Gasteiger partial charge on any atom is 0.409 e. The van der Waals surface area contributed by atoms with Crippen LogP contribution in [0.4, 0.5) is 4.79 Å². The summed E-state index contributed by atoms with van der Waals surface area (Å²) in [6, 6.07) is 14.1. The van der Waals surface area contributed by atoms with Crippen LogP contribution in [0.5, 0.6) is 0 Å². The molecule has 2 fully saturated rings. The van der Waals surface area contributed by atoms with Crippen molar-refractivity contribution in [2.75, 3.05) is 46.1 Å². The van der Waals surface area contributed by atoms with Gasteiger partial charge in [0.1, 0.15) is 5.84 Å². The lowest BCUT2D eigenvalue weighted by Gasteiger charge is -2.43. The molecule has 0 N–H and O–H groups in total. The van der Waals surface area contributed by atoms with Crippen LogP contribution in [-0.2, 0) is 26.6 Å². The molecular formula is C27H30N6O5S. The van der Waals surface area contributed by atoms with Gasteiger partial charge in [0.15, 0.2) is 5.54 Å². The van der Waals surface area contributed by atoms with Crippen molar-refractivity contribution in [3.63, 3.8) is 0 Å². The van der Waals surface area contributed by atoms with Crippen molar-refractivity contribution in [3.8, 4) is 11.1 Å². The Morgan fingerprint density at radius 3 is 2.46 bits per heavy atom. The van der Waals surface area contributed by atoms with Crippen LogP contribution in [0.2, 0.25) is 0 Å². The molecule has 3 aliphatic rings. The van der Waals surface area contributed by atoms with E-state index in [1.807, 2.05) is 48.3 Å². The topological polar surface area (TPSA) is 117 Å². The van der Waals surface area contributed by atoms with Gasteiger partial charge in [-0.15, -0.1) is 0 Å². The molecule has 204 valence electrons. The summed E-state index contributed by atoms with van der Waals surface area (Å²) in [6.45, 7) is 1.48. The molecule has 12 heteroatoms. The molecule has 0 saturated carbocycles. The van der Waals surface area contributed by atoms with Crippen molar-refractivity contribution in [1.29, 1.82) is 0 Å². The normalized spacial score (nSPS) is 21.1. The van der Waals surface area contributed by atoms with Crippen LogP contribution < -0.4 is 0 Å². The number of fused-ring (bicyclic) bond motifs is 1. The fraction of sp³-hybridized carbons (Fsp3) is 0.407. The number of benzene rings is 2. The summed E-state index contributed by atoms with van der Waals surface area (Å²) in [6.07, 6.45) is 3.23. The van der Waals surface area contributed by atoms with Crippen molar-refractivity contribution < 1.29 is 22.7 Å². The van der Waals surface area contributed by atoms with E-state index in [1.54, 1.807) is 4.90 Å². The highest BCUT2D eigenvalue weighted by atomic mass is 32.2. The first kappa shape index (κ1) is 25.5. The lowest BCUT2D eigenvalue weighted by molar-refractivity contribution is -0.136. The van der Waals surface area contributed by atoms with Crippen molar-refractivity contribution >= 4 is 38.8 Å². The van der Waals surface area contributed by atoms with Crippen molar-refractivity contribution in [1.82, 2.24) is 23.9 Å². The van der Waals surface area contributed by atoms with Gasteiger partial charge in [-0.1, -0.05) is 30.3 Å². The van der Waals surface area contributed by atoms with Gasteiger partial charge in [0.05, 0.1) is 38.2 Å². The number of likely N-dealkylation sites (tertiary alicyclic amines) is 1. The zero-order valence-electron chi connectivity index (χ0n) is 22.1. The standard InChI is InChI=1S/C27H30N6O5S/c1-30-23-9-8-21(12-22(23)13-28-30)19-4-6-20(7-5-19)24-29-27(16-31(17-27)26(35)38-2)25(34)33(24)15-18-10-11-32(14-18)39(3,36)37/h4-9,12-13,18H,10-11,14-17H2,1-3H3/t18-/m1/s1. The molecule has 2 aromatic carbocycles. The van der Waals surface area contributed by atoms with E-state index < -0.39 is 21.7 Å². The molecule has 1 aromatic heterocycles. The SMILES string of the molecule is COC(=O)N1CC2(C1)N=C(c1ccc(-c3ccc4c(cnn4C)c3)cc1)N(C[C@@H]1CCN(S(C)(=O)=O)C1)C2=O. The summed E-state index contributed by atoms with van der Waals surface area (Å²) in [5.74, 6) is 0.379. The molecular weight excluding hydrogens is 520 g/mol. The van der Waals surface area contributed by atoms with Gasteiger partial charge in [0.25, 0.3) is 5.91 Å². The first-order valence-corrected chi connectivity index (χ1v) is 14.7. The molecule has 6 rings (SSSR count). The Kier molecular flexibility index (Phi) is 5.99. The molecule has 0 unspecified atom stereocenters. The summed E-state index contributed by atoms with van der Waals surface area (Å²) < 4.78 is 32.2. The number of carbonyl (C=O) groups excluding carboxylic acids is 2. The van der Waals surface area contributed by atoms with E-state index in [0.717, 1.165) is 27.6 Å². The highest BCUT2D eigenvalue weighted by Gasteiger charge is 2.58. The zero-order chi connectivity index (χ0) is 27.5. The Morgan fingerprint density at radius 1 is 1.10 bits per heavy atom. The van der Waals surface area contributed by atoms with Crippen molar-refractivity contribution in [2.45, 2.75) is 12.0 Å². The molecule has 4 heterocycles. The third-order valence-corrected chi connectivity index (χ3v) is 9.21. The molecule has 1 atom stereocenters. The number of carbonyl (C=O) groups is 2. The number of ether oxygens (including phenoxy) is 1. The fourth-order valence-corrected chi connectivity index (χ4v) is 6.68. The summed E-state index contributed by atoms with van der Waals surface area (Å²) in [5.41, 5.74) is 2.89. The van der Waals surface area contributed by atoms with E-state index in [0.29, 0.717) is 31.9 Å². The van der Waals surface area contributed by atoms with Gasteiger partial charge in [-0.05, 0) is 35.6 Å². The van der Waals surface area contributed by atoms with Crippen LogP contribution in [0.1, 0.15) is 12.0 Å². The number of aryl methyl sites for hydroxylation is 1. The summed E-state index contributed by atoms with van der Waals surface area (Å²) >= 11 is 0. The van der Waals surface area contributed by atoms with Crippen LogP contribution in [-0.4, -0.2) is 102 Å². The Morgan fingerprint density at radius 2 is 1.79 bits per heavy atom. The van der Waals surface area contributed by atoms with Crippen LogP contribution in [0.3, 0.4) is 0 Å². The van der Waals surface area contributed by atoms with E-state index in [9.17, 15) is 18.0 Å². The van der Waals surface area contributed by atoms with Crippen LogP contribution >= 0.6 is 0 Å². The number of aliphatic imine (C=N–C) groups is 1. The molecule has 3 aliphatic heterocycles. The van der Waals surface area contributed by atoms with Gasteiger partial charge in [0, 0.05) is 37.6 Å². The maximum absolute atomic E-state index is 13.7. The minimum atomic E-state index is -3.29. The molecule has 2 amide bonds. The van der Waals surface area contributed by atoms with Gasteiger partial charge >= 0.3 is 6.09 Å². The van der Waals surface area contributed by atoms with E-state index in [1.165, 1.54) is 22.6 Å². The largest absolute Gasteiger partial charge is 0.453 e. The van der Waals surface area contributed by atoms with E-state index in [2.05, 4.69) is 17.2 Å². The average molecular weight is 551 g/mol. The summed E-state index contributed by atoms with van der Waals surface area (Å²) in [4.78, 5) is 33.7. The van der Waals surface area contributed by atoms with Crippen LogP contribution in [0.15, 0.2) is 53.7 Å². The average Bonchev–Trinajstić information content (AvgIpc) is 3.60. The zero-order valence-corrected chi connectivity index (χ0v) is 22.9. The molecule has 0 aliphatic carbocycles. The molecule has 1 spiro atoms. The number of methoxy groups -OCH3 is 1. The quantitative estimate of drug-likeness (QED) is 0.479. The van der Waals surface area contributed by atoms with Crippen molar-refractivity contribution in [2.24, 2.45) is 18.0 Å². The highest BCUT2D eigenvalue weighted by Crippen LogP contribution is 2.36. The predicted molar refractivity (Wildman–Crippen MR) is 146 cm³/mol. The molecule has 0 bridgehead atoms. The molecule has 3 aromatic rings. The maximum atomic E-state index is 13.7. The summed E-state index contributed by atoms with van der Waals surface area (Å²) in [7, 11) is -0.0677. The minimum absolute atomic E-state index is 0.00806. The van der Waals surface area contributed by atoms with Crippen LogP contribution in [0.25, 0.3) is 22.0 Å². The van der Waals surface area contributed by atoms with Gasteiger partial charge in [-0.3, -0.25) is 14.4 Å². The van der Waals surface area contributed by atoms with Gasteiger partial charge in [-0.25, -0.2) is 22.5 Å². The van der Waals surface area contributed by atoms with E-state index in [4.69, 9.17) is 9.73 Å². The molecule has 11 nitrogen and oxygen atoms in total. The Balaban J connectivity index is 1.28. The molecule has 2 saturated heterocycles. The number of amidine groups is 1. The number of sulfonamides is 1. The van der Waals surface area contributed by atoms with Gasteiger partial charge in [-0.2, -0.15) is 5.10 Å². The lowest BCUT2D eigenvalue weighted by Crippen LogP contribution is -2.66. The third-order valence-electron chi connectivity index (χ3n) is 7.94. The minimum Gasteiger partial charge on any atom is -0.453 e. The fourth-order valence-electron chi connectivity index (χ4n) is 5.76. The number of aromatic nitrogens is 2. The number of hydrogen-bond acceptors (Lipinski definition) is 7. The second kappa shape index (κ2) is 9.16. The Bertz CT molecular complexity index is 1610. The van der Waals surface area contributed by atoms with E-state index in [-0.39, 0.29) is 24.9 Å². The number of nitrogens with zero attached hydrogens (tertiary/aromatic N) is 6. The van der Waals surface area contributed by atoms with Gasteiger partial charge in [0.2, 0.25) is 10.0 Å². The third kappa shape index (κ3) is 4.37. The Labute approximate surface area is 226 Å². The second-order valence-electron chi connectivity index (χ2n) is 10.6. The van der Waals surface area contributed by atoms with E-state index >= 15 is 0 Å². The molecule has 0 radical (unpaired) electrons. The Hall–Kier alpha value is -3.77. The van der Waals surface area contributed by atoms with Gasteiger partial charge < -0.3 is 9.64 Å². The predicted octanol–water partition coefficient (Wildman–Crippen LogP) is 1.93. The highest BCUT2D eigenvalue weighted by molar-refractivity contribution is 7.88. The number of rotatable bonds is 5.